The van der Waals surface area contributed by atoms with Gasteiger partial charge in [0, 0.05) is 16.1 Å². The van der Waals surface area contributed by atoms with Gasteiger partial charge in [0.25, 0.3) is 0 Å². The van der Waals surface area contributed by atoms with Crippen molar-refractivity contribution in [3.63, 3.8) is 0 Å². The molecule has 0 aromatic heterocycles. The average molecular weight is 386 g/mol. The Morgan fingerprint density at radius 1 is 0.769 bits per heavy atom. The first-order valence-corrected chi connectivity index (χ1v) is 10.4. The van der Waals surface area contributed by atoms with E-state index in [0.717, 1.165) is 10.0 Å². The molecule has 0 N–H and O–H groups in total. The van der Waals surface area contributed by atoms with Crippen LogP contribution in [0.15, 0.2) is 54.6 Å². The number of halogens is 2. The number of rotatable bonds is 3. The summed E-state index contributed by atoms with van der Waals surface area (Å²) in [6.45, 7) is 2.54. The molecule has 2 aromatic rings. The third-order valence-electron chi connectivity index (χ3n) is 5.83. The lowest BCUT2D eigenvalue weighted by Crippen LogP contribution is -2.47. The van der Waals surface area contributed by atoms with Crippen LogP contribution in [0.4, 0.5) is 0 Å². The van der Waals surface area contributed by atoms with Gasteiger partial charge in [-0.2, -0.15) is 0 Å². The maximum atomic E-state index is 6.12. The highest BCUT2D eigenvalue weighted by molar-refractivity contribution is 6.31. The molecule has 2 aliphatic heterocycles. The quantitative estimate of drug-likeness (QED) is 0.568. The van der Waals surface area contributed by atoms with Gasteiger partial charge in [0.2, 0.25) is 0 Å². The van der Waals surface area contributed by atoms with Crippen molar-refractivity contribution in [1.82, 2.24) is 4.90 Å². The molecular weight excluding hydrogens is 361 g/mol. The highest BCUT2D eigenvalue weighted by atomic mass is 35.5. The summed E-state index contributed by atoms with van der Waals surface area (Å²) in [6, 6.07) is 17.1. The van der Waals surface area contributed by atoms with E-state index in [4.69, 9.17) is 23.2 Å². The van der Waals surface area contributed by atoms with Crippen LogP contribution in [0.3, 0.4) is 0 Å². The van der Waals surface area contributed by atoms with E-state index in [0.29, 0.717) is 12.0 Å². The number of hydrogen-bond acceptors (Lipinski definition) is 1. The van der Waals surface area contributed by atoms with E-state index >= 15 is 0 Å². The molecule has 1 nitrogen and oxygen atoms in total. The van der Waals surface area contributed by atoms with Crippen molar-refractivity contribution in [2.45, 2.75) is 38.1 Å². The zero-order chi connectivity index (χ0) is 17.9. The SMILES string of the molecule is Clc1ccc(C(=C[C@@H]2CCCN3CCCC[C@H]23)c2ccc(Cl)cc2)cc1. The third kappa shape index (κ3) is 4.01. The summed E-state index contributed by atoms with van der Waals surface area (Å²) in [7, 11) is 0. The number of hydrogen-bond donors (Lipinski definition) is 0. The molecule has 3 heteroatoms. The summed E-state index contributed by atoms with van der Waals surface area (Å²) in [6.07, 6.45) is 9.15. The highest BCUT2D eigenvalue weighted by Gasteiger charge is 2.32. The number of nitrogens with zero attached hydrogens (tertiary/aromatic N) is 1. The van der Waals surface area contributed by atoms with Gasteiger partial charge >= 0.3 is 0 Å². The fourth-order valence-corrected chi connectivity index (χ4v) is 4.78. The van der Waals surface area contributed by atoms with Gasteiger partial charge < -0.3 is 0 Å². The standard InChI is InChI=1S/C23H25Cl2N/c24-20-10-6-17(7-11-20)22(18-8-12-21(25)13-9-18)16-19-4-3-15-26-14-2-1-5-23(19)26/h6-13,16,19,23H,1-5,14-15H2/t19-,23+/m0/s1. The van der Waals surface area contributed by atoms with E-state index in [1.807, 2.05) is 24.3 Å². The molecule has 2 aromatic carbocycles. The smallest absolute Gasteiger partial charge is 0.0406 e. The largest absolute Gasteiger partial charge is 0.300 e. The molecular formula is C23H25Cl2N. The molecule has 136 valence electrons. The fraction of sp³-hybridized carbons (Fsp3) is 0.391. The first-order chi connectivity index (χ1) is 12.7. The van der Waals surface area contributed by atoms with E-state index in [1.54, 1.807) is 0 Å². The summed E-state index contributed by atoms with van der Waals surface area (Å²) in [5.41, 5.74) is 3.75. The Morgan fingerprint density at radius 3 is 1.96 bits per heavy atom. The maximum absolute atomic E-state index is 6.12. The minimum Gasteiger partial charge on any atom is -0.300 e. The monoisotopic (exact) mass is 385 g/mol. The summed E-state index contributed by atoms with van der Waals surface area (Å²) in [5, 5.41) is 1.56. The average Bonchev–Trinajstić information content (AvgIpc) is 2.68. The van der Waals surface area contributed by atoms with Crippen molar-refractivity contribution in [1.29, 1.82) is 0 Å². The Hall–Kier alpha value is -1.28. The first kappa shape index (κ1) is 18.1. The number of piperidine rings is 2. The molecule has 2 heterocycles. The van der Waals surface area contributed by atoms with Crippen LogP contribution in [0.1, 0.15) is 43.2 Å². The maximum Gasteiger partial charge on any atom is 0.0406 e. The second kappa shape index (κ2) is 8.17. The Bertz CT molecular complexity index is 714. The van der Waals surface area contributed by atoms with Crippen molar-refractivity contribution in [2.75, 3.05) is 13.1 Å². The van der Waals surface area contributed by atoms with E-state index in [2.05, 4.69) is 35.2 Å². The molecule has 0 amide bonds. The van der Waals surface area contributed by atoms with Crippen molar-refractivity contribution in [2.24, 2.45) is 5.92 Å². The normalized spacial score (nSPS) is 23.3. The predicted molar refractivity (Wildman–Crippen MR) is 112 cm³/mol. The number of fused-ring (bicyclic) bond motifs is 1. The van der Waals surface area contributed by atoms with Gasteiger partial charge in [0.1, 0.15) is 0 Å². The van der Waals surface area contributed by atoms with Gasteiger partial charge in [0.15, 0.2) is 0 Å². The second-order valence-corrected chi connectivity index (χ2v) is 8.37. The van der Waals surface area contributed by atoms with E-state index in [-0.39, 0.29) is 0 Å². The molecule has 4 rings (SSSR count). The van der Waals surface area contributed by atoms with Gasteiger partial charge in [0.05, 0.1) is 0 Å². The summed E-state index contributed by atoms with van der Waals surface area (Å²) < 4.78 is 0. The van der Waals surface area contributed by atoms with Gasteiger partial charge in [-0.15, -0.1) is 0 Å². The minimum absolute atomic E-state index is 0.616. The Balaban J connectivity index is 1.72. The summed E-state index contributed by atoms with van der Waals surface area (Å²) in [4.78, 5) is 2.72. The summed E-state index contributed by atoms with van der Waals surface area (Å²) in [5.74, 6) is 0.616. The van der Waals surface area contributed by atoms with Crippen LogP contribution in [0.2, 0.25) is 10.0 Å². The molecule has 26 heavy (non-hydrogen) atoms. The van der Waals surface area contributed by atoms with E-state index < -0.39 is 0 Å². The topological polar surface area (TPSA) is 3.24 Å². The Morgan fingerprint density at radius 2 is 1.35 bits per heavy atom. The first-order valence-electron chi connectivity index (χ1n) is 9.68. The zero-order valence-corrected chi connectivity index (χ0v) is 16.5. The van der Waals surface area contributed by atoms with E-state index in [9.17, 15) is 0 Å². The van der Waals surface area contributed by atoms with Crippen LogP contribution >= 0.6 is 23.2 Å². The van der Waals surface area contributed by atoms with Crippen LogP contribution in [0.5, 0.6) is 0 Å². The molecule has 0 spiro atoms. The number of benzene rings is 2. The van der Waals surface area contributed by atoms with Crippen LogP contribution in [-0.4, -0.2) is 24.0 Å². The molecule has 2 saturated heterocycles. The van der Waals surface area contributed by atoms with Crippen LogP contribution < -0.4 is 0 Å². The molecule has 0 saturated carbocycles. The van der Waals surface area contributed by atoms with E-state index in [1.165, 1.54) is 61.9 Å². The fourth-order valence-electron chi connectivity index (χ4n) is 4.53. The lowest BCUT2D eigenvalue weighted by atomic mass is 9.81. The van der Waals surface area contributed by atoms with Gasteiger partial charge in [-0.05, 0) is 85.7 Å². The Labute approximate surface area is 166 Å². The highest BCUT2D eigenvalue weighted by Crippen LogP contribution is 2.35. The molecule has 2 fully saturated rings. The molecule has 2 aliphatic rings. The van der Waals surface area contributed by atoms with Crippen molar-refractivity contribution in [3.8, 4) is 0 Å². The second-order valence-electron chi connectivity index (χ2n) is 7.50. The Kier molecular flexibility index (Phi) is 5.69. The molecule has 0 bridgehead atoms. The van der Waals surface area contributed by atoms with Crippen molar-refractivity contribution >= 4 is 28.8 Å². The third-order valence-corrected chi connectivity index (χ3v) is 6.34. The predicted octanol–water partition coefficient (Wildman–Crippen LogP) is 6.69. The molecule has 2 atom stereocenters. The summed E-state index contributed by atoms with van der Waals surface area (Å²) >= 11 is 12.2. The molecule has 0 radical (unpaired) electrons. The van der Waals surface area contributed by atoms with Crippen molar-refractivity contribution in [3.05, 3.63) is 75.8 Å². The molecule has 0 aliphatic carbocycles. The van der Waals surface area contributed by atoms with Gasteiger partial charge in [-0.1, -0.05) is 60.0 Å². The lowest BCUT2D eigenvalue weighted by molar-refractivity contribution is 0.0786. The lowest BCUT2D eigenvalue weighted by Gasteiger charge is -2.43. The van der Waals surface area contributed by atoms with Crippen molar-refractivity contribution < 1.29 is 0 Å². The zero-order valence-electron chi connectivity index (χ0n) is 15.0. The van der Waals surface area contributed by atoms with Crippen LogP contribution in [0, 0.1) is 5.92 Å². The minimum atomic E-state index is 0.616. The van der Waals surface area contributed by atoms with Crippen LogP contribution in [0.25, 0.3) is 5.57 Å². The molecule has 0 unspecified atom stereocenters. The van der Waals surface area contributed by atoms with Gasteiger partial charge in [-0.3, -0.25) is 4.90 Å². The van der Waals surface area contributed by atoms with Gasteiger partial charge in [-0.25, -0.2) is 0 Å². The van der Waals surface area contributed by atoms with Crippen LogP contribution in [-0.2, 0) is 0 Å².